The molecular formula is C51H52N2O7. The zero-order chi connectivity index (χ0) is 41.6. The van der Waals surface area contributed by atoms with E-state index in [0.717, 1.165) is 33.4 Å². The lowest BCUT2D eigenvalue weighted by Crippen LogP contribution is -2.63. The molecule has 1 saturated heterocycles. The average molecular weight is 805 g/mol. The molecule has 0 unspecified atom stereocenters. The Balaban J connectivity index is 1.18. The molecule has 9 nitrogen and oxygen atoms in total. The molecule has 6 aromatic rings. The second-order valence-corrected chi connectivity index (χ2v) is 15.1. The van der Waals surface area contributed by atoms with Crippen molar-refractivity contribution in [3.05, 3.63) is 215 Å². The number of carbonyl (C=O) groups is 2. The first kappa shape index (κ1) is 42.3. The van der Waals surface area contributed by atoms with Crippen molar-refractivity contribution in [1.29, 1.82) is 0 Å². The van der Waals surface area contributed by atoms with Gasteiger partial charge in [0.25, 0.3) is 5.91 Å². The van der Waals surface area contributed by atoms with E-state index in [1.54, 1.807) is 4.90 Å². The highest BCUT2D eigenvalue weighted by atomic mass is 16.5. The van der Waals surface area contributed by atoms with Crippen molar-refractivity contribution in [3.8, 4) is 0 Å². The minimum Gasteiger partial charge on any atom is -0.387 e. The third kappa shape index (κ3) is 9.80. The maximum atomic E-state index is 14.9. The second-order valence-electron chi connectivity index (χ2n) is 15.1. The van der Waals surface area contributed by atoms with Crippen LogP contribution in [-0.4, -0.2) is 88.9 Å². The number of ether oxygens (including phenoxy) is 3. The van der Waals surface area contributed by atoms with Crippen LogP contribution in [0.25, 0.3) is 0 Å². The molecule has 7 rings (SSSR count). The Kier molecular flexibility index (Phi) is 14.4. The van der Waals surface area contributed by atoms with Crippen LogP contribution in [0.3, 0.4) is 0 Å². The summed E-state index contributed by atoms with van der Waals surface area (Å²) in [5, 5.41) is 24.4. The molecular weight excluding hydrogens is 753 g/mol. The summed E-state index contributed by atoms with van der Waals surface area (Å²) >= 11 is 0. The summed E-state index contributed by atoms with van der Waals surface area (Å²) in [7, 11) is 0. The van der Waals surface area contributed by atoms with E-state index in [9.17, 15) is 19.8 Å². The fraction of sp³-hybridized carbons (Fsp3) is 0.255. The molecule has 0 spiro atoms. The number of rotatable bonds is 19. The standard InChI is InChI=1S/C51H52N2O7/c54-38-50(57,39-58-35-40-19-7-1-8-20-40)48(60-37-42-23-11-3-12-24-42)46(55)47(59-36-41-21-9-2-10-22-41)49(56)52-31-33-53(34-32-52)51(43-25-13-4-14-26-43,44-27-15-5-16-28-44)45-29-17-6-18-30-45/h1-30,38,46-48,55,57H,31-37,39H2/t46-,47-,48+,50+/m1/s1. The summed E-state index contributed by atoms with van der Waals surface area (Å²) in [4.78, 5) is 31.9. The second kappa shape index (κ2) is 20.5. The van der Waals surface area contributed by atoms with Gasteiger partial charge in [0, 0.05) is 26.2 Å². The van der Waals surface area contributed by atoms with Gasteiger partial charge in [0.1, 0.15) is 12.2 Å². The number of aldehydes is 1. The first-order valence-corrected chi connectivity index (χ1v) is 20.4. The van der Waals surface area contributed by atoms with Crippen LogP contribution < -0.4 is 0 Å². The van der Waals surface area contributed by atoms with Gasteiger partial charge < -0.3 is 29.3 Å². The van der Waals surface area contributed by atoms with E-state index in [-0.39, 0.29) is 19.8 Å². The lowest BCUT2D eigenvalue weighted by atomic mass is 9.75. The summed E-state index contributed by atoms with van der Waals surface area (Å²) in [5.41, 5.74) is 2.64. The predicted octanol–water partition coefficient (Wildman–Crippen LogP) is 6.80. The van der Waals surface area contributed by atoms with Gasteiger partial charge in [-0.1, -0.05) is 182 Å². The first-order valence-electron chi connectivity index (χ1n) is 20.4. The Morgan fingerprint density at radius 3 is 1.37 bits per heavy atom. The highest BCUT2D eigenvalue weighted by Gasteiger charge is 2.50. The molecule has 1 heterocycles. The monoisotopic (exact) mass is 804 g/mol. The highest BCUT2D eigenvalue weighted by Crippen LogP contribution is 2.43. The summed E-state index contributed by atoms with van der Waals surface area (Å²) in [6, 6.07) is 59.2. The largest absolute Gasteiger partial charge is 0.387 e. The fourth-order valence-corrected chi connectivity index (χ4v) is 8.15. The van der Waals surface area contributed by atoms with E-state index in [1.165, 1.54) is 0 Å². The smallest absolute Gasteiger partial charge is 0.254 e. The number of hydrogen-bond acceptors (Lipinski definition) is 8. The van der Waals surface area contributed by atoms with Crippen molar-refractivity contribution in [1.82, 2.24) is 9.80 Å². The van der Waals surface area contributed by atoms with E-state index in [0.29, 0.717) is 32.5 Å². The maximum absolute atomic E-state index is 14.9. The Hall–Kier alpha value is -5.78. The quantitative estimate of drug-likeness (QED) is 0.0681. The topological polar surface area (TPSA) is 109 Å². The molecule has 0 radical (unpaired) electrons. The third-order valence-corrected chi connectivity index (χ3v) is 11.2. The number of carbonyl (C=O) groups excluding carboxylic acids is 2. The van der Waals surface area contributed by atoms with Crippen molar-refractivity contribution in [2.75, 3.05) is 32.8 Å². The Bertz CT molecular complexity index is 2090. The van der Waals surface area contributed by atoms with Crippen molar-refractivity contribution in [2.45, 2.75) is 49.3 Å². The van der Waals surface area contributed by atoms with Gasteiger partial charge in [-0.05, 0) is 33.4 Å². The molecule has 60 heavy (non-hydrogen) atoms. The SMILES string of the molecule is O=C[C@](O)(COCc1ccccc1)[C@@H](OCc1ccccc1)[C@H](O)[C@@H](OCc1ccccc1)C(=O)N1CCN(C(c2ccccc2)(c2ccccc2)c2ccccc2)CC1. The Morgan fingerprint density at radius 1 is 0.567 bits per heavy atom. The Morgan fingerprint density at radius 2 is 0.950 bits per heavy atom. The van der Waals surface area contributed by atoms with E-state index in [1.807, 2.05) is 109 Å². The molecule has 0 bridgehead atoms. The number of nitrogens with zero attached hydrogens (tertiary/aromatic N) is 2. The average Bonchev–Trinajstić information content (AvgIpc) is 3.31. The zero-order valence-corrected chi connectivity index (χ0v) is 33.6. The van der Waals surface area contributed by atoms with Gasteiger partial charge in [0.05, 0.1) is 32.0 Å². The number of benzene rings is 6. The molecule has 1 amide bonds. The number of aliphatic hydroxyl groups is 2. The van der Waals surface area contributed by atoms with Crippen LogP contribution in [0.1, 0.15) is 33.4 Å². The molecule has 6 aromatic carbocycles. The highest BCUT2D eigenvalue weighted by molar-refractivity contribution is 5.82. The summed E-state index contributed by atoms with van der Waals surface area (Å²) < 4.78 is 18.5. The summed E-state index contributed by atoms with van der Waals surface area (Å²) in [6.45, 7) is 1.15. The van der Waals surface area contributed by atoms with Gasteiger partial charge in [-0.25, -0.2) is 0 Å². The fourth-order valence-electron chi connectivity index (χ4n) is 8.15. The van der Waals surface area contributed by atoms with Crippen LogP contribution >= 0.6 is 0 Å². The summed E-state index contributed by atoms with van der Waals surface area (Å²) in [6.07, 6.45) is -4.58. The van der Waals surface area contributed by atoms with E-state index in [4.69, 9.17) is 14.2 Å². The zero-order valence-electron chi connectivity index (χ0n) is 33.6. The molecule has 1 aliphatic rings. The van der Waals surface area contributed by atoms with Gasteiger partial charge in [-0.15, -0.1) is 0 Å². The molecule has 0 aliphatic carbocycles. The van der Waals surface area contributed by atoms with Crippen LogP contribution in [0, 0.1) is 0 Å². The van der Waals surface area contributed by atoms with Crippen molar-refractivity contribution < 1.29 is 34.0 Å². The molecule has 9 heteroatoms. The molecule has 0 saturated carbocycles. The minimum absolute atomic E-state index is 0.0111. The van der Waals surface area contributed by atoms with Gasteiger partial charge in [-0.3, -0.25) is 14.5 Å². The molecule has 0 aromatic heterocycles. The van der Waals surface area contributed by atoms with Crippen LogP contribution in [0.2, 0.25) is 0 Å². The molecule has 2 N–H and O–H groups in total. The van der Waals surface area contributed by atoms with Gasteiger partial charge in [0.2, 0.25) is 0 Å². The van der Waals surface area contributed by atoms with Crippen LogP contribution in [0.5, 0.6) is 0 Å². The number of amides is 1. The van der Waals surface area contributed by atoms with E-state index in [2.05, 4.69) is 77.7 Å². The number of aliphatic hydroxyl groups excluding tert-OH is 1. The first-order chi connectivity index (χ1) is 29.4. The third-order valence-electron chi connectivity index (χ3n) is 11.2. The van der Waals surface area contributed by atoms with Gasteiger partial charge >= 0.3 is 0 Å². The van der Waals surface area contributed by atoms with Crippen molar-refractivity contribution >= 4 is 12.2 Å². The molecule has 4 atom stereocenters. The number of piperazine rings is 1. The van der Waals surface area contributed by atoms with E-state index >= 15 is 0 Å². The van der Waals surface area contributed by atoms with Crippen LogP contribution in [-0.2, 0) is 49.2 Å². The van der Waals surface area contributed by atoms with E-state index < -0.39 is 42.0 Å². The normalized spacial score (nSPS) is 16.0. The lowest BCUT2D eigenvalue weighted by Gasteiger charge is -2.49. The van der Waals surface area contributed by atoms with Gasteiger partial charge in [0.15, 0.2) is 18.0 Å². The number of hydrogen-bond donors (Lipinski definition) is 2. The predicted molar refractivity (Wildman–Crippen MR) is 231 cm³/mol. The lowest BCUT2D eigenvalue weighted by molar-refractivity contribution is -0.205. The molecule has 1 fully saturated rings. The summed E-state index contributed by atoms with van der Waals surface area (Å²) in [5.74, 6) is -0.477. The maximum Gasteiger partial charge on any atom is 0.254 e. The van der Waals surface area contributed by atoms with Gasteiger partial charge in [-0.2, -0.15) is 0 Å². The molecule has 1 aliphatic heterocycles. The van der Waals surface area contributed by atoms with Crippen LogP contribution in [0.15, 0.2) is 182 Å². The van der Waals surface area contributed by atoms with Crippen LogP contribution in [0.4, 0.5) is 0 Å². The Labute approximate surface area is 352 Å². The minimum atomic E-state index is -2.35. The molecule has 308 valence electrons. The van der Waals surface area contributed by atoms with Crippen molar-refractivity contribution in [3.63, 3.8) is 0 Å². The van der Waals surface area contributed by atoms with Crippen molar-refractivity contribution in [2.24, 2.45) is 0 Å².